The van der Waals surface area contributed by atoms with Crippen LogP contribution in [0.2, 0.25) is 0 Å². The molecule has 14 heteroatoms. The number of nitrogens with zero attached hydrogens (tertiary/aromatic N) is 4. The predicted molar refractivity (Wildman–Crippen MR) is 122 cm³/mol. The Labute approximate surface area is 198 Å². The molecule has 1 saturated heterocycles. The van der Waals surface area contributed by atoms with Gasteiger partial charge >= 0.3 is 5.97 Å². The van der Waals surface area contributed by atoms with Crippen molar-refractivity contribution in [3.05, 3.63) is 34.6 Å². The van der Waals surface area contributed by atoms with Gasteiger partial charge in [-0.05, 0) is 23.9 Å². The molecule has 2 N–H and O–H groups in total. The van der Waals surface area contributed by atoms with Crippen LogP contribution >= 0.6 is 34.9 Å². The maximum absolute atomic E-state index is 12.7. The summed E-state index contributed by atoms with van der Waals surface area (Å²) in [6, 6.07) is 2.61. The fourth-order valence-corrected chi connectivity index (χ4v) is 7.61. The third-order valence-corrected chi connectivity index (χ3v) is 10.0. The topological polar surface area (TPSA) is 134 Å². The zero-order valence-corrected chi connectivity index (χ0v) is 20.3. The van der Waals surface area contributed by atoms with Gasteiger partial charge in [0.1, 0.15) is 28.7 Å². The Bertz CT molecular complexity index is 1130. The first-order chi connectivity index (χ1) is 15.3. The molecule has 2 aliphatic heterocycles. The van der Waals surface area contributed by atoms with Crippen molar-refractivity contribution >= 4 is 63.4 Å². The monoisotopic (exact) mass is 513 g/mol. The molecule has 2 aromatic rings. The number of rotatable bonds is 8. The highest BCUT2D eigenvalue weighted by molar-refractivity contribution is 8.01. The standard InChI is InChI=1S/C18H19N5O5S4/c1-9-20-21-18(22(9)2)31-7-10-6-30-16-13(15(25)23(16)14(10)17(26)27)19-11(24)8-32(28)12-4-3-5-29-12/h3-5,13,16H,6-8H2,1-2H3,(H,19,24)(H,26,27)/t13?,16-,32?/m1/s1. The fourth-order valence-electron chi connectivity index (χ4n) is 3.26. The second kappa shape index (κ2) is 9.37. The number of nitrogens with one attached hydrogen (secondary N) is 1. The molecule has 3 atom stereocenters. The van der Waals surface area contributed by atoms with Gasteiger partial charge in [0.15, 0.2) is 5.16 Å². The van der Waals surface area contributed by atoms with Crippen molar-refractivity contribution < 1.29 is 23.7 Å². The second-order valence-corrected chi connectivity index (χ2v) is 11.7. The zero-order valence-electron chi connectivity index (χ0n) is 17.0. The molecule has 2 aliphatic rings. The molecule has 10 nitrogen and oxygen atoms in total. The maximum Gasteiger partial charge on any atom is 0.352 e. The molecule has 4 rings (SSSR count). The summed E-state index contributed by atoms with van der Waals surface area (Å²) in [7, 11) is 0.343. The van der Waals surface area contributed by atoms with Crippen molar-refractivity contribution in [1.29, 1.82) is 0 Å². The Balaban J connectivity index is 1.42. The Kier molecular flexibility index (Phi) is 6.74. The summed E-state index contributed by atoms with van der Waals surface area (Å²) < 4.78 is 14.6. The first-order valence-electron chi connectivity index (χ1n) is 9.38. The number of carbonyl (C=O) groups excluding carboxylic acids is 2. The van der Waals surface area contributed by atoms with Crippen LogP contribution in [0, 0.1) is 6.92 Å². The minimum absolute atomic E-state index is 0.0437. The number of carboxylic acid groups (broad SMARTS) is 1. The van der Waals surface area contributed by atoms with Gasteiger partial charge in [-0.25, -0.2) is 4.79 Å². The van der Waals surface area contributed by atoms with Crippen molar-refractivity contribution in [2.24, 2.45) is 7.05 Å². The van der Waals surface area contributed by atoms with E-state index in [0.29, 0.717) is 26.4 Å². The minimum atomic E-state index is -1.48. The lowest BCUT2D eigenvalue weighted by Crippen LogP contribution is -2.70. The number of carbonyl (C=O) groups is 3. The number of aryl methyl sites for hydroxylation is 1. The van der Waals surface area contributed by atoms with Crippen LogP contribution in [0.5, 0.6) is 0 Å². The van der Waals surface area contributed by atoms with Gasteiger partial charge in [0.2, 0.25) is 5.91 Å². The Hall–Kier alpha value is -2.16. The van der Waals surface area contributed by atoms with E-state index in [1.807, 2.05) is 18.5 Å². The minimum Gasteiger partial charge on any atom is -0.477 e. The van der Waals surface area contributed by atoms with Crippen LogP contribution in [-0.2, 0) is 32.2 Å². The number of amides is 2. The van der Waals surface area contributed by atoms with Gasteiger partial charge < -0.3 is 15.0 Å². The number of thioether (sulfide) groups is 2. The zero-order chi connectivity index (χ0) is 23.0. The molecule has 32 heavy (non-hydrogen) atoms. The lowest BCUT2D eigenvalue weighted by atomic mass is 10.0. The normalized spacial score (nSPS) is 21.2. The number of aromatic nitrogens is 3. The van der Waals surface area contributed by atoms with Gasteiger partial charge in [0.25, 0.3) is 5.91 Å². The van der Waals surface area contributed by atoms with Gasteiger partial charge in [-0.15, -0.1) is 33.3 Å². The lowest BCUT2D eigenvalue weighted by molar-refractivity contribution is -0.150. The van der Waals surface area contributed by atoms with Crippen LogP contribution in [-0.4, -0.2) is 75.4 Å². The van der Waals surface area contributed by atoms with E-state index in [0.717, 1.165) is 5.82 Å². The van der Waals surface area contributed by atoms with Crippen LogP contribution < -0.4 is 5.32 Å². The summed E-state index contributed by atoms with van der Waals surface area (Å²) in [4.78, 5) is 38.2. The maximum atomic E-state index is 12.7. The summed E-state index contributed by atoms with van der Waals surface area (Å²) in [6.07, 6.45) is 0. The smallest absolute Gasteiger partial charge is 0.352 e. The number of hydrogen-bond acceptors (Lipinski definition) is 9. The fraction of sp³-hybridized carbons (Fsp3) is 0.389. The van der Waals surface area contributed by atoms with Gasteiger partial charge in [-0.2, -0.15) is 0 Å². The van der Waals surface area contributed by atoms with E-state index in [4.69, 9.17) is 0 Å². The van der Waals surface area contributed by atoms with E-state index in [1.54, 1.807) is 17.5 Å². The molecule has 0 saturated carbocycles. The summed E-state index contributed by atoms with van der Waals surface area (Å²) >= 11 is 4.05. The van der Waals surface area contributed by atoms with Crippen LogP contribution in [0.4, 0.5) is 0 Å². The predicted octanol–water partition coefficient (Wildman–Crippen LogP) is 0.824. The molecule has 1 fully saturated rings. The second-order valence-electron chi connectivity index (χ2n) is 7.01. The number of fused-ring (bicyclic) bond motifs is 1. The third-order valence-electron chi connectivity index (χ3n) is 4.98. The molecule has 0 bridgehead atoms. The summed E-state index contributed by atoms with van der Waals surface area (Å²) in [6.45, 7) is 1.82. The number of hydrogen-bond donors (Lipinski definition) is 2. The molecule has 2 aromatic heterocycles. The highest BCUT2D eigenvalue weighted by Crippen LogP contribution is 2.41. The van der Waals surface area contributed by atoms with Gasteiger partial charge in [0.05, 0.1) is 15.0 Å². The average Bonchev–Trinajstić information content (AvgIpc) is 3.41. The highest BCUT2D eigenvalue weighted by Gasteiger charge is 2.54. The molecular weight excluding hydrogens is 494 g/mol. The van der Waals surface area contributed by atoms with Crippen molar-refractivity contribution in [3.8, 4) is 0 Å². The number of β-lactam (4-membered cyclic amide) rings is 1. The quantitative estimate of drug-likeness (QED) is 0.389. The van der Waals surface area contributed by atoms with Crippen molar-refractivity contribution in [2.75, 3.05) is 17.3 Å². The molecule has 0 spiro atoms. The van der Waals surface area contributed by atoms with Gasteiger partial charge in [0, 0.05) is 18.6 Å². The van der Waals surface area contributed by atoms with Crippen molar-refractivity contribution in [2.45, 2.75) is 27.7 Å². The first kappa shape index (κ1) is 23.0. The van der Waals surface area contributed by atoms with Crippen LogP contribution in [0.15, 0.2) is 38.1 Å². The van der Waals surface area contributed by atoms with Crippen molar-refractivity contribution in [3.63, 3.8) is 0 Å². The van der Waals surface area contributed by atoms with E-state index < -0.39 is 40.0 Å². The first-order valence-corrected chi connectivity index (χ1v) is 13.6. The molecular formula is C18H19N5O5S4. The van der Waals surface area contributed by atoms with E-state index in [-0.39, 0.29) is 11.4 Å². The summed E-state index contributed by atoms with van der Waals surface area (Å²) in [5.74, 6) is -0.905. The largest absolute Gasteiger partial charge is 0.477 e. The third kappa shape index (κ3) is 4.36. The molecule has 4 heterocycles. The average molecular weight is 514 g/mol. The van der Waals surface area contributed by atoms with Crippen LogP contribution in [0.1, 0.15) is 5.82 Å². The number of carboxylic acids is 1. The van der Waals surface area contributed by atoms with E-state index >= 15 is 0 Å². The summed E-state index contributed by atoms with van der Waals surface area (Å²) in [5.41, 5.74) is 0.569. The Morgan fingerprint density at radius 3 is 2.81 bits per heavy atom. The van der Waals surface area contributed by atoms with Crippen molar-refractivity contribution in [1.82, 2.24) is 25.0 Å². The van der Waals surface area contributed by atoms with Crippen LogP contribution in [0.3, 0.4) is 0 Å². The molecule has 0 aliphatic carbocycles. The molecule has 2 unspecified atom stereocenters. The summed E-state index contributed by atoms with van der Waals surface area (Å²) in [5, 5.41) is 22.4. The van der Waals surface area contributed by atoms with Gasteiger partial charge in [-0.1, -0.05) is 17.8 Å². The highest BCUT2D eigenvalue weighted by atomic mass is 32.2. The van der Waals surface area contributed by atoms with E-state index in [2.05, 4.69) is 15.5 Å². The van der Waals surface area contributed by atoms with Gasteiger partial charge in [-0.3, -0.25) is 18.7 Å². The molecule has 2 amide bonds. The van der Waals surface area contributed by atoms with E-state index in [9.17, 15) is 23.7 Å². The molecule has 0 aromatic carbocycles. The van der Waals surface area contributed by atoms with Crippen LogP contribution in [0.25, 0.3) is 0 Å². The molecule has 0 radical (unpaired) electrons. The number of thiophene rings is 1. The Morgan fingerprint density at radius 2 is 2.19 bits per heavy atom. The molecule has 170 valence electrons. The Morgan fingerprint density at radius 1 is 1.41 bits per heavy atom. The number of aliphatic carboxylic acids is 1. The SMILES string of the molecule is Cc1nnc(SCC2=C(C(=O)O)N3C(=O)C(NC(=O)CS(=O)c4cccs4)[C@H]3SC2)n1C. The van der Waals surface area contributed by atoms with E-state index in [1.165, 1.54) is 39.8 Å². The lowest BCUT2D eigenvalue weighted by Gasteiger charge is -2.49.